The fourth-order valence-electron chi connectivity index (χ4n) is 4.18. The molecule has 1 unspecified atom stereocenters. The van der Waals surface area contributed by atoms with E-state index in [9.17, 15) is 0 Å². The largest absolute Gasteiger partial charge is 0.264 e. The summed E-state index contributed by atoms with van der Waals surface area (Å²) in [5.41, 5.74) is 5.76. The van der Waals surface area contributed by atoms with Gasteiger partial charge in [0.05, 0.1) is 0 Å². The van der Waals surface area contributed by atoms with Gasteiger partial charge in [-0.25, -0.2) is 0 Å². The standard InChI is InChI=1S/C28H43N/c1-4-6-7-8-9-12-17-25-18-14-15-20-27(25)28-21-22-29-23-26(28)19-13-10-11-16-24(3)5-2/h14-15,18,20-24H,4-13,16-17,19H2,1-3H3. The topological polar surface area (TPSA) is 12.9 Å². The van der Waals surface area contributed by atoms with Crippen LogP contribution < -0.4 is 0 Å². The van der Waals surface area contributed by atoms with Crippen LogP contribution in [0.5, 0.6) is 0 Å². The van der Waals surface area contributed by atoms with Crippen LogP contribution in [0.25, 0.3) is 11.1 Å². The predicted octanol–water partition coefficient (Wildman–Crippen LogP) is 8.80. The minimum absolute atomic E-state index is 0.873. The highest BCUT2D eigenvalue weighted by Crippen LogP contribution is 2.29. The molecule has 0 aliphatic heterocycles. The summed E-state index contributed by atoms with van der Waals surface area (Å²) in [6.45, 7) is 6.96. The van der Waals surface area contributed by atoms with Crippen molar-refractivity contribution in [1.82, 2.24) is 4.98 Å². The molecule has 1 aromatic heterocycles. The number of aryl methyl sites for hydroxylation is 2. The Morgan fingerprint density at radius 2 is 1.38 bits per heavy atom. The van der Waals surface area contributed by atoms with Crippen LogP contribution in [0.1, 0.15) is 103 Å². The van der Waals surface area contributed by atoms with E-state index in [1.807, 2.05) is 6.20 Å². The lowest BCUT2D eigenvalue weighted by Gasteiger charge is -2.14. The van der Waals surface area contributed by atoms with Gasteiger partial charge in [0.2, 0.25) is 0 Å². The Kier molecular flexibility index (Phi) is 11.7. The van der Waals surface area contributed by atoms with Crippen molar-refractivity contribution in [2.45, 2.75) is 104 Å². The molecule has 1 nitrogen and oxygen atoms in total. The van der Waals surface area contributed by atoms with Crippen molar-refractivity contribution in [3.05, 3.63) is 53.9 Å². The van der Waals surface area contributed by atoms with Crippen LogP contribution in [-0.2, 0) is 12.8 Å². The van der Waals surface area contributed by atoms with Crippen LogP contribution in [0.4, 0.5) is 0 Å². The first-order valence-corrected chi connectivity index (χ1v) is 12.3. The van der Waals surface area contributed by atoms with Gasteiger partial charge in [-0.3, -0.25) is 4.98 Å². The third kappa shape index (κ3) is 8.72. The van der Waals surface area contributed by atoms with Crippen molar-refractivity contribution in [3.63, 3.8) is 0 Å². The molecule has 1 heterocycles. The molecule has 0 saturated heterocycles. The molecular weight excluding hydrogens is 350 g/mol. The molecule has 0 fully saturated rings. The van der Waals surface area contributed by atoms with E-state index < -0.39 is 0 Å². The number of pyridine rings is 1. The van der Waals surface area contributed by atoms with Gasteiger partial charge in [0.1, 0.15) is 0 Å². The lowest BCUT2D eigenvalue weighted by Crippen LogP contribution is -1.97. The number of hydrogen-bond acceptors (Lipinski definition) is 1. The zero-order chi connectivity index (χ0) is 20.7. The van der Waals surface area contributed by atoms with Gasteiger partial charge in [0.15, 0.2) is 0 Å². The van der Waals surface area contributed by atoms with Crippen LogP contribution >= 0.6 is 0 Å². The molecule has 0 bridgehead atoms. The van der Waals surface area contributed by atoms with Crippen molar-refractivity contribution in [3.8, 4) is 11.1 Å². The highest BCUT2D eigenvalue weighted by molar-refractivity contribution is 5.70. The van der Waals surface area contributed by atoms with Crippen LogP contribution in [0.3, 0.4) is 0 Å². The van der Waals surface area contributed by atoms with E-state index in [0.29, 0.717) is 0 Å². The fraction of sp³-hybridized carbons (Fsp3) is 0.607. The first-order chi connectivity index (χ1) is 14.3. The second-order valence-corrected chi connectivity index (χ2v) is 8.82. The zero-order valence-electron chi connectivity index (χ0n) is 19.3. The summed E-state index contributed by atoms with van der Waals surface area (Å²) in [6, 6.07) is 11.3. The lowest BCUT2D eigenvalue weighted by atomic mass is 9.91. The number of rotatable bonds is 15. The molecule has 0 aliphatic carbocycles. The minimum Gasteiger partial charge on any atom is -0.264 e. The van der Waals surface area contributed by atoms with E-state index in [2.05, 4.69) is 62.3 Å². The first-order valence-electron chi connectivity index (χ1n) is 12.3. The molecule has 2 rings (SSSR count). The smallest absolute Gasteiger partial charge is 0.0306 e. The van der Waals surface area contributed by atoms with Crippen LogP contribution in [-0.4, -0.2) is 4.98 Å². The molecule has 1 atom stereocenters. The van der Waals surface area contributed by atoms with Crippen LogP contribution in [0, 0.1) is 5.92 Å². The SMILES string of the molecule is CCCCCCCCc1ccccc1-c1ccncc1CCCCCC(C)CC. The summed E-state index contributed by atoms with van der Waals surface area (Å²) in [5.74, 6) is 0.873. The second-order valence-electron chi connectivity index (χ2n) is 8.82. The summed E-state index contributed by atoms with van der Waals surface area (Å²) < 4.78 is 0. The van der Waals surface area contributed by atoms with Gasteiger partial charge < -0.3 is 0 Å². The van der Waals surface area contributed by atoms with E-state index in [1.54, 1.807) is 0 Å². The Labute approximate surface area is 180 Å². The normalized spacial score (nSPS) is 12.2. The van der Waals surface area contributed by atoms with Gasteiger partial charge in [0, 0.05) is 12.4 Å². The third-order valence-electron chi connectivity index (χ3n) is 6.35. The number of hydrogen-bond donors (Lipinski definition) is 0. The van der Waals surface area contributed by atoms with E-state index in [4.69, 9.17) is 0 Å². The molecule has 0 saturated carbocycles. The quantitative estimate of drug-likeness (QED) is 0.275. The molecule has 0 aliphatic rings. The maximum atomic E-state index is 4.44. The van der Waals surface area contributed by atoms with E-state index >= 15 is 0 Å². The van der Waals surface area contributed by atoms with Gasteiger partial charge in [0.25, 0.3) is 0 Å². The number of unbranched alkanes of at least 4 members (excludes halogenated alkanes) is 7. The Morgan fingerprint density at radius 3 is 2.17 bits per heavy atom. The van der Waals surface area contributed by atoms with E-state index in [-0.39, 0.29) is 0 Å². The highest BCUT2D eigenvalue weighted by Gasteiger charge is 2.10. The van der Waals surface area contributed by atoms with Crippen LogP contribution in [0.2, 0.25) is 0 Å². The molecule has 0 spiro atoms. The number of aromatic nitrogens is 1. The average molecular weight is 394 g/mol. The predicted molar refractivity (Wildman–Crippen MR) is 128 cm³/mol. The maximum absolute atomic E-state index is 4.44. The molecule has 1 aromatic carbocycles. The Balaban J connectivity index is 1.94. The molecule has 29 heavy (non-hydrogen) atoms. The Morgan fingerprint density at radius 1 is 0.724 bits per heavy atom. The van der Waals surface area contributed by atoms with E-state index in [0.717, 1.165) is 12.3 Å². The molecule has 1 heteroatoms. The summed E-state index contributed by atoms with van der Waals surface area (Å²) in [5, 5.41) is 0. The molecule has 0 radical (unpaired) electrons. The summed E-state index contributed by atoms with van der Waals surface area (Å²) >= 11 is 0. The average Bonchev–Trinajstić information content (AvgIpc) is 2.76. The Bertz CT molecular complexity index is 676. The number of benzene rings is 1. The van der Waals surface area contributed by atoms with Gasteiger partial charge in [-0.05, 0) is 59.9 Å². The number of nitrogens with zero attached hydrogens (tertiary/aromatic N) is 1. The summed E-state index contributed by atoms with van der Waals surface area (Å²) in [6.07, 6.45) is 21.2. The summed E-state index contributed by atoms with van der Waals surface area (Å²) in [7, 11) is 0. The molecule has 0 N–H and O–H groups in total. The van der Waals surface area contributed by atoms with Gasteiger partial charge in [-0.15, -0.1) is 0 Å². The molecule has 160 valence electrons. The lowest BCUT2D eigenvalue weighted by molar-refractivity contribution is 0.478. The van der Waals surface area contributed by atoms with Gasteiger partial charge >= 0.3 is 0 Å². The van der Waals surface area contributed by atoms with Crippen molar-refractivity contribution >= 4 is 0 Å². The molecule has 0 amide bonds. The zero-order valence-corrected chi connectivity index (χ0v) is 19.3. The van der Waals surface area contributed by atoms with Crippen LogP contribution in [0.15, 0.2) is 42.7 Å². The maximum Gasteiger partial charge on any atom is 0.0306 e. The van der Waals surface area contributed by atoms with Gasteiger partial charge in [-0.2, -0.15) is 0 Å². The first kappa shape index (κ1) is 23.6. The molecular formula is C28H43N. The summed E-state index contributed by atoms with van der Waals surface area (Å²) in [4.78, 5) is 4.44. The Hall–Kier alpha value is -1.63. The third-order valence-corrected chi connectivity index (χ3v) is 6.35. The van der Waals surface area contributed by atoms with Gasteiger partial charge in [-0.1, -0.05) is 103 Å². The van der Waals surface area contributed by atoms with E-state index in [1.165, 1.54) is 99.3 Å². The molecule has 2 aromatic rings. The fourth-order valence-corrected chi connectivity index (χ4v) is 4.18. The van der Waals surface area contributed by atoms with Crippen molar-refractivity contribution in [1.29, 1.82) is 0 Å². The second kappa shape index (κ2) is 14.4. The monoisotopic (exact) mass is 393 g/mol. The highest BCUT2D eigenvalue weighted by atomic mass is 14.6. The van der Waals surface area contributed by atoms with Crippen molar-refractivity contribution in [2.24, 2.45) is 5.92 Å². The van der Waals surface area contributed by atoms with Crippen molar-refractivity contribution < 1.29 is 0 Å². The minimum atomic E-state index is 0.873. The van der Waals surface area contributed by atoms with Crippen molar-refractivity contribution in [2.75, 3.05) is 0 Å².